The second kappa shape index (κ2) is 13.9. The van der Waals surface area contributed by atoms with Gasteiger partial charge in [0.15, 0.2) is 5.82 Å². The molecule has 0 bridgehead atoms. The molecule has 4 atom stereocenters. The van der Waals surface area contributed by atoms with Crippen LogP contribution in [0.4, 0.5) is 32.2 Å². The number of carbonyl (C=O) groups is 2. The number of carbonyl (C=O) groups excluding carboxylic acids is 2. The summed E-state index contributed by atoms with van der Waals surface area (Å²) in [4.78, 5) is 30.7. The number of hydrogen-bond donors (Lipinski definition) is 4. The van der Waals surface area contributed by atoms with Gasteiger partial charge < -0.3 is 21.3 Å². The average molecular weight is 800 g/mol. The number of nitrogens with two attached hydrogens (primary N) is 1. The summed E-state index contributed by atoms with van der Waals surface area (Å²) in [6.07, 6.45) is -3.89. The van der Waals surface area contributed by atoms with E-state index in [9.17, 15) is 37.4 Å². The molecule has 18 heteroatoms. The highest BCUT2D eigenvalue weighted by atomic mass is 35.5. The average Bonchev–Trinajstić information content (AvgIpc) is 3.64. The SMILES string of the molecule is Cn1nc(NC(=O)CO)c2c(Cl)ccc(-c3ccc(C#CC(C)(C)O)nc3[C@@H](Cc3cc(F)cc(F)c3)C(C(N)=O)n3nc(C(F)F)c4c3C(F)(F)[C@@H]3C[C@H]43)c21. The minimum absolute atomic E-state index is 0.0128. The van der Waals surface area contributed by atoms with Gasteiger partial charge in [-0.3, -0.25) is 14.3 Å². The van der Waals surface area contributed by atoms with E-state index in [1.165, 1.54) is 49.8 Å². The Kier molecular flexibility index (Phi) is 9.66. The fourth-order valence-electron chi connectivity index (χ4n) is 7.57. The molecule has 1 unspecified atom stereocenters. The molecule has 5 aromatic rings. The van der Waals surface area contributed by atoms with Crippen LogP contribution in [-0.4, -0.2) is 58.8 Å². The Labute approximate surface area is 319 Å². The Balaban J connectivity index is 1.55. The molecule has 0 saturated heterocycles. The fourth-order valence-corrected chi connectivity index (χ4v) is 7.81. The number of halogens is 7. The van der Waals surface area contributed by atoms with Crippen LogP contribution in [0.2, 0.25) is 5.02 Å². The number of hydrogen-bond acceptors (Lipinski definition) is 7. The summed E-state index contributed by atoms with van der Waals surface area (Å²) < 4.78 is 92.4. The summed E-state index contributed by atoms with van der Waals surface area (Å²) in [5, 5.41) is 30.8. The molecule has 0 spiro atoms. The molecule has 7 rings (SSSR count). The van der Waals surface area contributed by atoms with Crippen LogP contribution in [0.5, 0.6) is 0 Å². The smallest absolute Gasteiger partial charge is 0.293 e. The van der Waals surface area contributed by atoms with Crippen LogP contribution in [0.3, 0.4) is 0 Å². The van der Waals surface area contributed by atoms with E-state index in [-0.39, 0.29) is 61.8 Å². The van der Waals surface area contributed by atoms with Crippen molar-refractivity contribution in [3.8, 4) is 23.0 Å². The Morgan fingerprint density at radius 1 is 1.09 bits per heavy atom. The van der Waals surface area contributed by atoms with Gasteiger partial charge in [-0.05, 0) is 74.4 Å². The maximum Gasteiger partial charge on any atom is 0.293 e. The number of anilines is 1. The third-order valence-electron chi connectivity index (χ3n) is 9.84. The first-order chi connectivity index (χ1) is 26.3. The summed E-state index contributed by atoms with van der Waals surface area (Å²) >= 11 is 6.61. The number of primary amides is 1. The van der Waals surface area contributed by atoms with Crippen molar-refractivity contribution in [2.45, 2.75) is 62.5 Å². The van der Waals surface area contributed by atoms with Crippen LogP contribution < -0.4 is 11.1 Å². The largest absolute Gasteiger partial charge is 0.387 e. The van der Waals surface area contributed by atoms with Crippen LogP contribution in [-0.2, 0) is 29.0 Å². The summed E-state index contributed by atoms with van der Waals surface area (Å²) in [7, 11) is 1.51. The Hall–Kier alpha value is -5.44. The van der Waals surface area contributed by atoms with Crippen molar-refractivity contribution in [3.05, 3.63) is 93.0 Å². The van der Waals surface area contributed by atoms with Gasteiger partial charge >= 0.3 is 0 Å². The summed E-state index contributed by atoms with van der Waals surface area (Å²) in [5.74, 6) is -6.30. The molecule has 292 valence electrons. The molecule has 1 fully saturated rings. The number of aliphatic hydroxyl groups is 2. The standard InChI is InChI=1S/C38H32ClF6N7O4/c1-37(2,56)9-8-19-4-5-20(21-6-7-25(39)28-31(21)51(3)50-36(28)48-26(54)15-53)29(47-19)23(12-16-10-17(40)13-18(41)11-16)32(35(46)55)52-33-27(30(49-52)34(42)43)22-14-24(22)38(33,44)45/h4-7,10-11,13,22-24,32,34,53,56H,12,14-15H2,1-3H3,(H2,46,55)(H,48,50,54)/t22-,23+,24+,32?/m0/s1. The molecular formula is C38H32ClF6N7O4. The third-order valence-corrected chi connectivity index (χ3v) is 10.2. The van der Waals surface area contributed by atoms with Crippen molar-refractivity contribution in [1.29, 1.82) is 0 Å². The molecule has 0 aliphatic heterocycles. The van der Waals surface area contributed by atoms with Crippen LogP contribution in [0, 0.1) is 29.4 Å². The van der Waals surface area contributed by atoms with Crippen molar-refractivity contribution in [1.82, 2.24) is 24.5 Å². The molecule has 5 N–H and O–H groups in total. The van der Waals surface area contributed by atoms with E-state index in [1.54, 1.807) is 0 Å². The van der Waals surface area contributed by atoms with E-state index in [1.807, 2.05) is 0 Å². The van der Waals surface area contributed by atoms with Crippen molar-refractivity contribution >= 4 is 40.1 Å². The van der Waals surface area contributed by atoms with Gasteiger partial charge in [0.05, 0.1) is 21.6 Å². The quantitative estimate of drug-likeness (QED) is 0.0994. The number of alkyl halides is 4. The van der Waals surface area contributed by atoms with E-state index in [0.717, 1.165) is 12.1 Å². The lowest BCUT2D eigenvalue weighted by Gasteiger charge is -2.29. The van der Waals surface area contributed by atoms with Crippen molar-refractivity contribution < 1.29 is 46.1 Å². The molecule has 0 radical (unpaired) electrons. The number of pyridine rings is 1. The van der Waals surface area contributed by atoms with E-state index < -0.39 is 89.6 Å². The lowest BCUT2D eigenvalue weighted by Crippen LogP contribution is -2.37. The highest BCUT2D eigenvalue weighted by Gasteiger charge is 2.67. The molecule has 1 saturated carbocycles. The number of rotatable bonds is 10. The van der Waals surface area contributed by atoms with Crippen LogP contribution >= 0.6 is 11.6 Å². The van der Waals surface area contributed by atoms with Crippen LogP contribution in [0.15, 0.2) is 42.5 Å². The van der Waals surface area contributed by atoms with E-state index in [0.29, 0.717) is 10.7 Å². The molecule has 11 nitrogen and oxygen atoms in total. The van der Waals surface area contributed by atoms with Gasteiger partial charge in [-0.25, -0.2) is 27.2 Å². The molecular weight excluding hydrogens is 768 g/mol. The monoisotopic (exact) mass is 799 g/mol. The molecule has 56 heavy (non-hydrogen) atoms. The van der Waals surface area contributed by atoms with Gasteiger partial charge in [0.1, 0.15) is 47.0 Å². The van der Waals surface area contributed by atoms with Crippen LogP contribution in [0.25, 0.3) is 22.0 Å². The molecule has 3 heterocycles. The zero-order chi connectivity index (χ0) is 40.6. The number of aryl methyl sites for hydroxylation is 1. The number of aromatic nitrogens is 5. The summed E-state index contributed by atoms with van der Waals surface area (Å²) in [5.41, 5.74) is 2.76. The van der Waals surface area contributed by atoms with E-state index >= 15 is 8.78 Å². The number of nitrogens with zero attached hydrogens (tertiary/aromatic N) is 5. The first-order valence-corrected chi connectivity index (χ1v) is 17.5. The van der Waals surface area contributed by atoms with Crippen molar-refractivity contribution in [2.24, 2.45) is 18.7 Å². The Morgan fingerprint density at radius 3 is 2.39 bits per heavy atom. The van der Waals surface area contributed by atoms with E-state index in [4.69, 9.17) is 22.3 Å². The maximum absolute atomic E-state index is 16.0. The van der Waals surface area contributed by atoms with Gasteiger partial charge in [0, 0.05) is 41.6 Å². The van der Waals surface area contributed by atoms with Gasteiger partial charge in [-0.1, -0.05) is 23.6 Å². The van der Waals surface area contributed by atoms with Gasteiger partial charge in [-0.2, -0.15) is 19.0 Å². The number of fused-ring (bicyclic) bond motifs is 4. The second-order valence-corrected chi connectivity index (χ2v) is 14.7. The number of benzene rings is 2. The maximum atomic E-state index is 16.0. The lowest BCUT2D eigenvalue weighted by molar-refractivity contribution is -0.122. The second-order valence-electron chi connectivity index (χ2n) is 14.3. The number of nitrogens with one attached hydrogen (secondary N) is 1. The van der Waals surface area contributed by atoms with Crippen molar-refractivity contribution in [2.75, 3.05) is 11.9 Å². The molecule has 2 aromatic carbocycles. The first-order valence-electron chi connectivity index (χ1n) is 17.2. The Bertz CT molecular complexity index is 2480. The summed E-state index contributed by atoms with van der Waals surface area (Å²) in [6, 6.07) is 6.42. The number of amides is 2. The molecule has 2 aliphatic carbocycles. The highest BCUT2D eigenvalue weighted by Crippen LogP contribution is 2.68. The zero-order valence-electron chi connectivity index (χ0n) is 29.7. The summed E-state index contributed by atoms with van der Waals surface area (Å²) in [6.45, 7) is 1.94. The van der Waals surface area contributed by atoms with Gasteiger partial charge in [0.25, 0.3) is 18.3 Å². The highest BCUT2D eigenvalue weighted by molar-refractivity contribution is 6.37. The Morgan fingerprint density at radius 2 is 1.77 bits per heavy atom. The first kappa shape index (κ1) is 38.8. The van der Waals surface area contributed by atoms with Crippen molar-refractivity contribution in [3.63, 3.8) is 0 Å². The van der Waals surface area contributed by atoms with Gasteiger partial charge in [0.2, 0.25) is 5.91 Å². The normalized spacial score (nSPS) is 17.9. The third kappa shape index (κ3) is 6.86. The minimum Gasteiger partial charge on any atom is -0.387 e. The number of aliphatic hydroxyl groups excluding tert-OH is 1. The predicted molar refractivity (Wildman–Crippen MR) is 191 cm³/mol. The molecule has 2 amide bonds. The fraction of sp³-hybridized carbons (Fsp3) is 0.342. The molecule has 2 aliphatic rings. The van der Waals surface area contributed by atoms with E-state index in [2.05, 4.69) is 27.4 Å². The lowest BCUT2D eigenvalue weighted by atomic mass is 9.84. The van der Waals surface area contributed by atoms with Crippen LogP contribution in [0.1, 0.15) is 78.5 Å². The zero-order valence-corrected chi connectivity index (χ0v) is 30.5. The molecule has 3 aromatic heterocycles. The topological polar surface area (TPSA) is 161 Å². The van der Waals surface area contributed by atoms with Gasteiger partial charge in [-0.15, -0.1) is 0 Å². The minimum atomic E-state index is -3.69. The predicted octanol–water partition coefficient (Wildman–Crippen LogP) is 6.02.